The molecule has 2 amide bonds. The highest BCUT2D eigenvalue weighted by Crippen LogP contribution is 2.22. The number of nitrogens with one attached hydrogen (secondary N) is 2. The van der Waals surface area contributed by atoms with Gasteiger partial charge in [-0.25, -0.2) is 5.48 Å². The lowest BCUT2D eigenvalue weighted by Gasteiger charge is -2.16. The van der Waals surface area contributed by atoms with Crippen molar-refractivity contribution >= 4 is 11.8 Å². The number of hydroxylamine groups is 1. The second-order valence-electron chi connectivity index (χ2n) is 6.86. The van der Waals surface area contributed by atoms with Crippen molar-refractivity contribution < 1.29 is 24.3 Å². The average Bonchev–Trinajstić information content (AvgIpc) is 2.81. The molecular formula is C24H24N2O5. The van der Waals surface area contributed by atoms with Crippen molar-refractivity contribution in [2.75, 3.05) is 7.11 Å². The number of carbonyl (C=O) groups is 2. The molecule has 31 heavy (non-hydrogen) atoms. The Balaban J connectivity index is 1.65. The van der Waals surface area contributed by atoms with Gasteiger partial charge in [0.05, 0.1) is 7.11 Å². The maximum absolute atomic E-state index is 12.7. The van der Waals surface area contributed by atoms with E-state index < -0.39 is 17.7 Å². The number of carbonyl (C=O) groups excluding carboxylic acids is 2. The van der Waals surface area contributed by atoms with Crippen LogP contribution in [0.4, 0.5) is 0 Å². The van der Waals surface area contributed by atoms with Crippen LogP contribution in [-0.2, 0) is 22.6 Å². The first-order chi connectivity index (χ1) is 15.1. The van der Waals surface area contributed by atoms with Crippen molar-refractivity contribution in [1.29, 1.82) is 0 Å². The zero-order valence-electron chi connectivity index (χ0n) is 17.1. The fourth-order valence-corrected chi connectivity index (χ4v) is 3.07. The quantitative estimate of drug-likeness (QED) is 0.280. The molecule has 7 nitrogen and oxygen atoms in total. The minimum absolute atomic E-state index is 0.118. The van der Waals surface area contributed by atoms with E-state index in [2.05, 4.69) is 5.32 Å². The number of ether oxygens (including phenoxy) is 2. The normalized spacial score (nSPS) is 11.3. The zero-order valence-corrected chi connectivity index (χ0v) is 17.1. The molecule has 0 saturated carbocycles. The highest BCUT2D eigenvalue weighted by Gasteiger charge is 2.26. The van der Waals surface area contributed by atoms with Crippen LogP contribution in [0.2, 0.25) is 0 Å². The Morgan fingerprint density at radius 2 is 1.48 bits per heavy atom. The molecule has 160 valence electrons. The maximum Gasteiger partial charge on any atom is 0.256 e. The zero-order chi connectivity index (χ0) is 22.1. The lowest BCUT2D eigenvalue weighted by Crippen LogP contribution is -2.41. The first-order valence-electron chi connectivity index (χ1n) is 9.75. The Morgan fingerprint density at radius 3 is 2.19 bits per heavy atom. The van der Waals surface area contributed by atoms with Gasteiger partial charge in [-0.3, -0.25) is 14.8 Å². The molecule has 0 spiro atoms. The molecule has 0 bridgehead atoms. The molecule has 3 aromatic rings. The first kappa shape index (κ1) is 21.9. The summed E-state index contributed by atoms with van der Waals surface area (Å²) < 4.78 is 11.0. The Morgan fingerprint density at radius 1 is 0.839 bits per heavy atom. The van der Waals surface area contributed by atoms with Crippen molar-refractivity contribution in [1.82, 2.24) is 10.8 Å². The number of amides is 2. The summed E-state index contributed by atoms with van der Waals surface area (Å²) in [7, 11) is 1.54. The van der Waals surface area contributed by atoms with Crippen molar-refractivity contribution in [2.24, 2.45) is 5.92 Å². The number of hydrogen-bond acceptors (Lipinski definition) is 5. The summed E-state index contributed by atoms with van der Waals surface area (Å²) in [6.45, 7) is 0.206. The molecule has 0 saturated heterocycles. The van der Waals surface area contributed by atoms with Crippen LogP contribution in [0, 0.1) is 5.92 Å². The van der Waals surface area contributed by atoms with Crippen LogP contribution in [0.5, 0.6) is 17.2 Å². The van der Waals surface area contributed by atoms with E-state index in [1.165, 1.54) is 0 Å². The largest absolute Gasteiger partial charge is 0.497 e. The van der Waals surface area contributed by atoms with E-state index in [1.54, 1.807) is 36.9 Å². The molecule has 3 aromatic carbocycles. The lowest BCUT2D eigenvalue weighted by molar-refractivity contribution is -0.140. The molecule has 0 aliphatic carbocycles. The summed E-state index contributed by atoms with van der Waals surface area (Å²) in [5, 5.41) is 11.8. The van der Waals surface area contributed by atoms with Gasteiger partial charge in [-0.15, -0.1) is 0 Å². The number of rotatable bonds is 9. The molecule has 3 rings (SSSR count). The van der Waals surface area contributed by atoms with Crippen LogP contribution >= 0.6 is 0 Å². The Hall–Kier alpha value is -3.84. The van der Waals surface area contributed by atoms with Crippen LogP contribution in [0.25, 0.3) is 0 Å². The van der Waals surface area contributed by atoms with Crippen LogP contribution in [0.15, 0.2) is 78.9 Å². The van der Waals surface area contributed by atoms with E-state index in [4.69, 9.17) is 14.7 Å². The molecule has 0 aromatic heterocycles. The third-order valence-electron chi connectivity index (χ3n) is 4.66. The van der Waals surface area contributed by atoms with Crippen LogP contribution in [-0.4, -0.2) is 24.1 Å². The summed E-state index contributed by atoms with van der Waals surface area (Å²) in [6, 6.07) is 23.8. The van der Waals surface area contributed by atoms with Crippen LogP contribution in [0.3, 0.4) is 0 Å². The lowest BCUT2D eigenvalue weighted by atomic mass is 9.97. The van der Waals surface area contributed by atoms with E-state index in [0.717, 1.165) is 11.1 Å². The Labute approximate surface area is 180 Å². The van der Waals surface area contributed by atoms with E-state index in [0.29, 0.717) is 17.2 Å². The molecule has 3 N–H and O–H groups in total. The van der Waals surface area contributed by atoms with Crippen LogP contribution < -0.4 is 20.3 Å². The number of hydrogen-bond donors (Lipinski definition) is 3. The van der Waals surface area contributed by atoms with Gasteiger partial charge < -0.3 is 14.8 Å². The molecule has 0 heterocycles. The van der Waals surface area contributed by atoms with Crippen LogP contribution in [0.1, 0.15) is 11.1 Å². The molecule has 1 atom stereocenters. The monoisotopic (exact) mass is 420 g/mol. The molecule has 7 heteroatoms. The molecular weight excluding hydrogens is 396 g/mol. The van der Waals surface area contributed by atoms with Gasteiger partial charge in [0, 0.05) is 6.54 Å². The van der Waals surface area contributed by atoms with Gasteiger partial charge in [-0.05, 0) is 53.9 Å². The van der Waals surface area contributed by atoms with E-state index in [1.807, 2.05) is 54.6 Å². The van der Waals surface area contributed by atoms with Gasteiger partial charge in [0.2, 0.25) is 5.91 Å². The van der Waals surface area contributed by atoms with Crippen molar-refractivity contribution in [3.8, 4) is 17.2 Å². The number of methoxy groups -OCH3 is 1. The fraction of sp³-hybridized carbons (Fsp3) is 0.167. The van der Waals surface area contributed by atoms with Gasteiger partial charge in [-0.2, -0.15) is 0 Å². The third kappa shape index (κ3) is 6.32. The fourth-order valence-electron chi connectivity index (χ4n) is 3.07. The Kier molecular flexibility index (Phi) is 7.61. The summed E-state index contributed by atoms with van der Waals surface area (Å²) in [6.07, 6.45) is 0.118. The van der Waals surface area contributed by atoms with Gasteiger partial charge >= 0.3 is 0 Å². The third-order valence-corrected chi connectivity index (χ3v) is 4.66. The van der Waals surface area contributed by atoms with Crippen molar-refractivity contribution in [3.05, 3.63) is 90.0 Å². The highest BCUT2D eigenvalue weighted by atomic mass is 16.5. The summed E-state index contributed by atoms with van der Waals surface area (Å²) >= 11 is 0. The van der Waals surface area contributed by atoms with Crippen molar-refractivity contribution in [2.45, 2.75) is 13.0 Å². The van der Waals surface area contributed by atoms with E-state index >= 15 is 0 Å². The number of para-hydroxylation sites is 1. The summed E-state index contributed by atoms with van der Waals surface area (Å²) in [5.74, 6) is -0.400. The molecule has 1 unspecified atom stereocenters. The second-order valence-corrected chi connectivity index (χ2v) is 6.86. The molecule has 0 aliphatic heterocycles. The molecule has 0 fully saturated rings. The predicted octanol–water partition coefficient (Wildman–Crippen LogP) is 3.47. The van der Waals surface area contributed by atoms with E-state index in [9.17, 15) is 9.59 Å². The van der Waals surface area contributed by atoms with Crippen molar-refractivity contribution in [3.63, 3.8) is 0 Å². The second kappa shape index (κ2) is 10.8. The highest BCUT2D eigenvalue weighted by molar-refractivity contribution is 6.00. The molecule has 0 aliphatic rings. The number of benzene rings is 3. The Bertz CT molecular complexity index is 1020. The van der Waals surface area contributed by atoms with Gasteiger partial charge in [-0.1, -0.05) is 42.5 Å². The van der Waals surface area contributed by atoms with Gasteiger partial charge in [0.15, 0.2) is 0 Å². The predicted molar refractivity (Wildman–Crippen MR) is 115 cm³/mol. The summed E-state index contributed by atoms with van der Waals surface area (Å²) in [5.41, 5.74) is 3.13. The minimum atomic E-state index is -1.10. The van der Waals surface area contributed by atoms with E-state index in [-0.39, 0.29) is 13.0 Å². The van der Waals surface area contributed by atoms with Gasteiger partial charge in [0.1, 0.15) is 23.2 Å². The SMILES string of the molecule is COc1cccc(CC(C(=O)NO)C(=O)NCc2cccc(Oc3ccccc3)c2)c1. The average molecular weight is 420 g/mol. The summed E-state index contributed by atoms with van der Waals surface area (Å²) in [4.78, 5) is 24.8. The van der Waals surface area contributed by atoms with Gasteiger partial charge in [0.25, 0.3) is 5.91 Å². The smallest absolute Gasteiger partial charge is 0.256 e. The maximum atomic E-state index is 12.7. The minimum Gasteiger partial charge on any atom is -0.497 e. The standard InChI is InChI=1S/C24H24N2O5/c1-30-20-11-5-7-17(13-20)15-22(24(28)26-29)23(27)25-16-18-8-6-12-21(14-18)31-19-9-3-2-4-10-19/h2-14,22,29H,15-16H2,1H3,(H,25,27)(H,26,28). The molecule has 0 radical (unpaired) electrons. The first-order valence-corrected chi connectivity index (χ1v) is 9.75. The topological polar surface area (TPSA) is 96.9 Å².